The van der Waals surface area contributed by atoms with Gasteiger partial charge in [0.25, 0.3) is 0 Å². The van der Waals surface area contributed by atoms with Gasteiger partial charge >= 0.3 is 0 Å². The Morgan fingerprint density at radius 1 is 1.05 bits per heavy atom. The van der Waals surface area contributed by atoms with Gasteiger partial charge in [-0.25, -0.2) is 4.98 Å². The van der Waals surface area contributed by atoms with Crippen LogP contribution in [0, 0.1) is 30.1 Å². The van der Waals surface area contributed by atoms with Crippen molar-refractivity contribution in [3.05, 3.63) is 47.1 Å². The molecule has 4 saturated carbocycles. The minimum absolute atomic E-state index is 0.0860. The SMILES string of the molecule is Cc1ccc(-c2cn3c(CCN(CCN4CCOCC4)C(=O)C45CC6CC(CC(C6)C4)C5)csc3n2)cc1. The number of carbonyl (C=O) groups is 1. The molecule has 0 spiro atoms. The van der Waals surface area contributed by atoms with Crippen molar-refractivity contribution in [1.29, 1.82) is 0 Å². The molecule has 3 heterocycles. The van der Waals surface area contributed by atoms with Crippen LogP contribution in [0.5, 0.6) is 0 Å². The number of imidazole rings is 1. The lowest BCUT2D eigenvalue weighted by Gasteiger charge is -2.56. The Balaban J connectivity index is 1.10. The van der Waals surface area contributed by atoms with Crippen LogP contribution in [0.15, 0.2) is 35.8 Å². The molecule has 202 valence electrons. The van der Waals surface area contributed by atoms with Gasteiger partial charge in [-0.05, 0) is 63.2 Å². The van der Waals surface area contributed by atoms with E-state index in [2.05, 4.69) is 57.0 Å². The van der Waals surface area contributed by atoms with E-state index in [4.69, 9.17) is 9.72 Å². The van der Waals surface area contributed by atoms with Crippen LogP contribution < -0.4 is 0 Å². The molecule has 38 heavy (non-hydrogen) atoms. The van der Waals surface area contributed by atoms with Crippen molar-refractivity contribution < 1.29 is 9.53 Å². The molecule has 1 aromatic carbocycles. The summed E-state index contributed by atoms with van der Waals surface area (Å²) in [4.78, 5) is 25.0. The van der Waals surface area contributed by atoms with Gasteiger partial charge in [0.05, 0.1) is 24.3 Å². The van der Waals surface area contributed by atoms with Crippen molar-refractivity contribution in [3.8, 4) is 11.3 Å². The molecule has 4 bridgehead atoms. The normalized spacial score (nSPS) is 28.8. The zero-order chi connectivity index (χ0) is 25.7. The summed E-state index contributed by atoms with van der Waals surface area (Å²) in [6.45, 7) is 8.23. The van der Waals surface area contributed by atoms with E-state index < -0.39 is 0 Å². The fourth-order valence-corrected chi connectivity index (χ4v) is 9.14. The van der Waals surface area contributed by atoms with Crippen LogP contribution in [0.1, 0.15) is 49.8 Å². The summed E-state index contributed by atoms with van der Waals surface area (Å²) in [7, 11) is 0. The number of hydrogen-bond acceptors (Lipinski definition) is 5. The number of benzene rings is 1. The number of morpholine rings is 1. The summed E-state index contributed by atoms with van der Waals surface area (Å²) in [5.41, 5.74) is 4.60. The van der Waals surface area contributed by atoms with E-state index in [0.29, 0.717) is 5.91 Å². The van der Waals surface area contributed by atoms with Crippen molar-refractivity contribution in [2.75, 3.05) is 45.9 Å². The van der Waals surface area contributed by atoms with E-state index >= 15 is 0 Å². The number of rotatable bonds is 8. The lowest BCUT2D eigenvalue weighted by molar-refractivity contribution is -0.158. The van der Waals surface area contributed by atoms with Gasteiger partial charge in [0, 0.05) is 62.0 Å². The molecule has 0 radical (unpaired) electrons. The first-order valence-electron chi connectivity index (χ1n) is 14.7. The third kappa shape index (κ3) is 4.71. The largest absolute Gasteiger partial charge is 0.379 e. The number of hydrogen-bond donors (Lipinski definition) is 0. The maximum atomic E-state index is 14.4. The summed E-state index contributed by atoms with van der Waals surface area (Å²) in [5.74, 6) is 2.82. The van der Waals surface area contributed by atoms with E-state index in [1.807, 2.05) is 0 Å². The molecular weight excluding hydrogens is 492 g/mol. The van der Waals surface area contributed by atoms with Gasteiger partial charge in [-0.1, -0.05) is 29.8 Å². The molecular formula is C31H40N4O2S. The summed E-state index contributed by atoms with van der Waals surface area (Å²) in [6, 6.07) is 8.59. The zero-order valence-electron chi connectivity index (χ0n) is 22.6. The van der Waals surface area contributed by atoms with Crippen LogP contribution in [0.2, 0.25) is 0 Å². The third-order valence-corrected chi connectivity index (χ3v) is 10.7. The van der Waals surface area contributed by atoms with Crippen LogP contribution in [0.4, 0.5) is 0 Å². The van der Waals surface area contributed by atoms with Crippen molar-refractivity contribution in [2.24, 2.45) is 23.2 Å². The van der Waals surface area contributed by atoms with Gasteiger partial charge in [-0.3, -0.25) is 14.1 Å². The molecule has 4 aliphatic carbocycles. The lowest BCUT2D eigenvalue weighted by atomic mass is 9.49. The highest BCUT2D eigenvalue weighted by atomic mass is 32.1. The predicted octanol–water partition coefficient (Wildman–Crippen LogP) is 5.29. The van der Waals surface area contributed by atoms with Crippen LogP contribution in [-0.2, 0) is 16.0 Å². The molecule has 7 heteroatoms. The van der Waals surface area contributed by atoms with Gasteiger partial charge in [0.15, 0.2) is 4.96 Å². The Morgan fingerprint density at radius 2 is 1.74 bits per heavy atom. The number of aromatic nitrogens is 2. The predicted molar refractivity (Wildman–Crippen MR) is 151 cm³/mol. The maximum absolute atomic E-state index is 14.4. The number of ether oxygens (including phenoxy) is 1. The highest BCUT2D eigenvalue weighted by Crippen LogP contribution is 2.60. The minimum atomic E-state index is -0.0860. The highest BCUT2D eigenvalue weighted by molar-refractivity contribution is 7.15. The van der Waals surface area contributed by atoms with Crippen LogP contribution in [0.3, 0.4) is 0 Å². The average Bonchev–Trinajstić information content (AvgIpc) is 3.50. The molecule has 0 N–H and O–H groups in total. The quantitative estimate of drug-likeness (QED) is 0.396. The van der Waals surface area contributed by atoms with Crippen molar-refractivity contribution in [2.45, 2.75) is 51.9 Å². The Morgan fingerprint density at radius 3 is 2.42 bits per heavy atom. The summed E-state index contributed by atoms with van der Waals surface area (Å²) in [5, 5.41) is 2.23. The molecule has 6 nitrogen and oxygen atoms in total. The van der Waals surface area contributed by atoms with Crippen LogP contribution in [-0.4, -0.2) is 71.0 Å². The van der Waals surface area contributed by atoms with Gasteiger partial charge < -0.3 is 9.64 Å². The van der Waals surface area contributed by atoms with Gasteiger partial charge in [-0.15, -0.1) is 11.3 Å². The van der Waals surface area contributed by atoms with Gasteiger partial charge in [0.1, 0.15) is 0 Å². The van der Waals surface area contributed by atoms with E-state index in [-0.39, 0.29) is 5.41 Å². The number of aryl methyl sites for hydroxylation is 1. The van der Waals surface area contributed by atoms with E-state index in [0.717, 1.165) is 106 Å². The second-order valence-corrected chi connectivity index (χ2v) is 13.4. The first-order chi connectivity index (χ1) is 18.5. The Hall–Kier alpha value is -2.22. The van der Waals surface area contributed by atoms with Crippen molar-refractivity contribution >= 4 is 22.2 Å². The second kappa shape index (κ2) is 10.1. The Labute approximate surface area is 230 Å². The number of fused-ring (bicyclic) bond motifs is 1. The summed E-state index contributed by atoms with van der Waals surface area (Å²) >= 11 is 1.70. The van der Waals surface area contributed by atoms with E-state index in [9.17, 15) is 4.79 Å². The minimum Gasteiger partial charge on any atom is -0.379 e. The third-order valence-electron chi connectivity index (χ3n) is 9.84. The molecule has 1 saturated heterocycles. The molecule has 8 rings (SSSR count). The van der Waals surface area contributed by atoms with E-state index in [1.54, 1.807) is 11.3 Å². The fraction of sp³-hybridized carbons (Fsp3) is 0.613. The Kier molecular flexibility index (Phi) is 6.57. The Bertz CT molecular complexity index is 1250. The highest BCUT2D eigenvalue weighted by Gasteiger charge is 2.55. The molecule has 0 atom stereocenters. The molecule has 5 aliphatic rings. The van der Waals surface area contributed by atoms with Crippen molar-refractivity contribution in [1.82, 2.24) is 19.2 Å². The first-order valence-corrected chi connectivity index (χ1v) is 15.5. The summed E-state index contributed by atoms with van der Waals surface area (Å²) in [6.07, 6.45) is 10.6. The summed E-state index contributed by atoms with van der Waals surface area (Å²) < 4.78 is 7.81. The second-order valence-electron chi connectivity index (χ2n) is 12.6. The number of carbonyl (C=O) groups excluding carboxylic acids is 1. The first kappa shape index (κ1) is 24.8. The lowest BCUT2D eigenvalue weighted by Crippen LogP contribution is -2.56. The molecule has 2 aromatic heterocycles. The average molecular weight is 533 g/mol. The van der Waals surface area contributed by atoms with E-state index in [1.165, 1.54) is 30.5 Å². The molecule has 1 aliphatic heterocycles. The number of thiazole rings is 1. The monoisotopic (exact) mass is 532 g/mol. The van der Waals surface area contributed by atoms with Crippen LogP contribution in [0.25, 0.3) is 16.2 Å². The van der Waals surface area contributed by atoms with Gasteiger partial charge in [0.2, 0.25) is 5.91 Å². The standard InChI is InChI=1S/C31H40N4O2S/c1-22-2-4-26(5-3-22)28-20-35-27(21-38-30(35)32-28)6-7-34(9-8-33-10-12-37-13-11-33)29(36)31-17-23-14-24(18-31)16-25(15-23)19-31/h2-5,20-21,23-25H,6-19H2,1H3. The molecule has 3 aromatic rings. The molecule has 1 amide bonds. The molecule has 5 fully saturated rings. The zero-order valence-corrected chi connectivity index (χ0v) is 23.4. The van der Waals surface area contributed by atoms with Crippen molar-refractivity contribution in [3.63, 3.8) is 0 Å². The number of amides is 1. The maximum Gasteiger partial charge on any atom is 0.228 e. The van der Waals surface area contributed by atoms with Crippen LogP contribution >= 0.6 is 11.3 Å². The van der Waals surface area contributed by atoms with Gasteiger partial charge in [-0.2, -0.15) is 0 Å². The topological polar surface area (TPSA) is 50.1 Å². The number of nitrogens with zero attached hydrogens (tertiary/aromatic N) is 4. The smallest absolute Gasteiger partial charge is 0.228 e. The fourth-order valence-electron chi connectivity index (χ4n) is 8.23. The molecule has 0 unspecified atom stereocenters.